The average molecular weight is 253 g/mol. The third-order valence-electron chi connectivity index (χ3n) is 3.40. The minimum absolute atomic E-state index is 0.870. The van der Waals surface area contributed by atoms with Crippen molar-refractivity contribution in [1.82, 2.24) is 4.90 Å². The van der Waals surface area contributed by atoms with E-state index in [1.54, 1.807) is 6.08 Å². The average Bonchev–Trinajstić information content (AvgIpc) is 2.47. The maximum absolute atomic E-state index is 11.0. The molecule has 0 radical (unpaired) electrons. The van der Waals surface area contributed by atoms with Gasteiger partial charge in [-0.25, -0.2) is 0 Å². The third kappa shape index (κ3) is 2.68. The normalized spacial score (nSPS) is 11.6. The van der Waals surface area contributed by atoms with Gasteiger partial charge in [0.25, 0.3) is 0 Å². The van der Waals surface area contributed by atoms with Crippen molar-refractivity contribution >= 4 is 22.8 Å². The van der Waals surface area contributed by atoms with Crippen molar-refractivity contribution < 1.29 is 4.79 Å². The highest BCUT2D eigenvalue weighted by molar-refractivity contribution is 5.96. The molecule has 2 aromatic carbocycles. The Morgan fingerprint density at radius 2 is 1.74 bits per heavy atom. The number of carbonyl (C=O) groups is 1. The number of rotatable bonds is 5. The van der Waals surface area contributed by atoms with E-state index in [1.807, 2.05) is 18.2 Å². The van der Waals surface area contributed by atoms with E-state index in [-0.39, 0.29) is 0 Å². The molecule has 0 N–H and O–H groups in total. The van der Waals surface area contributed by atoms with E-state index in [4.69, 9.17) is 0 Å². The lowest BCUT2D eigenvalue weighted by molar-refractivity contribution is -0.104. The molecule has 0 aliphatic rings. The largest absolute Gasteiger partial charge is 0.371 e. The minimum atomic E-state index is 0.870. The Labute approximate surface area is 114 Å². The van der Waals surface area contributed by atoms with Crippen LogP contribution in [0.1, 0.15) is 19.4 Å². The van der Waals surface area contributed by atoms with E-state index in [0.29, 0.717) is 0 Å². The summed E-state index contributed by atoms with van der Waals surface area (Å²) >= 11 is 0. The van der Waals surface area contributed by atoms with Crippen LogP contribution < -0.4 is 0 Å². The number of nitrogens with zero attached hydrogens (tertiary/aromatic N) is 1. The lowest BCUT2D eigenvalue weighted by Gasteiger charge is -2.25. The van der Waals surface area contributed by atoms with Crippen LogP contribution in [0.15, 0.2) is 48.5 Å². The topological polar surface area (TPSA) is 20.3 Å². The maximum Gasteiger partial charge on any atom is 0.144 e. The summed E-state index contributed by atoms with van der Waals surface area (Å²) in [4.78, 5) is 13.2. The summed E-state index contributed by atoms with van der Waals surface area (Å²) in [5, 5.41) is 2.38. The molecule has 0 saturated heterocycles. The van der Waals surface area contributed by atoms with Gasteiger partial charge >= 0.3 is 0 Å². The molecule has 0 aromatic heterocycles. The van der Waals surface area contributed by atoms with Gasteiger partial charge < -0.3 is 4.90 Å². The van der Waals surface area contributed by atoms with Crippen molar-refractivity contribution in [2.45, 2.75) is 13.8 Å². The summed E-state index contributed by atoms with van der Waals surface area (Å²) in [6.07, 6.45) is 2.53. The first kappa shape index (κ1) is 13.3. The van der Waals surface area contributed by atoms with Gasteiger partial charge in [0, 0.05) is 30.4 Å². The van der Waals surface area contributed by atoms with Crippen LogP contribution in [-0.4, -0.2) is 24.3 Å². The van der Waals surface area contributed by atoms with Crippen molar-refractivity contribution in [3.05, 3.63) is 54.1 Å². The molecule has 0 fully saturated rings. The molecule has 0 aliphatic heterocycles. The fraction of sp³-hybridized carbons (Fsp3) is 0.235. The third-order valence-corrected chi connectivity index (χ3v) is 3.40. The monoisotopic (exact) mass is 253 g/mol. The molecule has 0 saturated carbocycles. The summed E-state index contributed by atoms with van der Waals surface area (Å²) in [7, 11) is 0. The highest BCUT2D eigenvalue weighted by Crippen LogP contribution is 2.27. The first-order valence-corrected chi connectivity index (χ1v) is 6.70. The molecule has 0 atom stereocenters. The lowest BCUT2D eigenvalue weighted by atomic mass is 10.0. The van der Waals surface area contributed by atoms with E-state index < -0.39 is 0 Å². The van der Waals surface area contributed by atoms with E-state index >= 15 is 0 Å². The van der Waals surface area contributed by atoms with Crippen LogP contribution in [0.4, 0.5) is 0 Å². The summed E-state index contributed by atoms with van der Waals surface area (Å²) in [6, 6.07) is 14.5. The maximum atomic E-state index is 11.0. The predicted molar refractivity (Wildman–Crippen MR) is 80.9 cm³/mol. The number of allylic oxidation sites excluding steroid dienone is 1. The van der Waals surface area contributed by atoms with E-state index in [9.17, 15) is 4.79 Å². The zero-order chi connectivity index (χ0) is 13.7. The number of carbonyl (C=O) groups excluding carboxylic acids is 1. The second-order valence-corrected chi connectivity index (χ2v) is 4.39. The molecule has 0 unspecified atom stereocenters. The fourth-order valence-electron chi connectivity index (χ4n) is 2.44. The zero-order valence-electron chi connectivity index (χ0n) is 11.5. The number of aldehydes is 1. The Bertz CT molecular complexity index is 592. The van der Waals surface area contributed by atoms with Crippen molar-refractivity contribution in [2.75, 3.05) is 13.1 Å². The molecule has 0 heterocycles. The Balaban J connectivity index is 2.63. The fourth-order valence-corrected chi connectivity index (χ4v) is 2.44. The molecule has 2 nitrogen and oxygen atoms in total. The van der Waals surface area contributed by atoms with Gasteiger partial charge in [-0.05, 0) is 24.6 Å². The summed E-state index contributed by atoms with van der Waals surface area (Å²) in [5.41, 5.74) is 2.12. The summed E-state index contributed by atoms with van der Waals surface area (Å²) < 4.78 is 0. The molecule has 0 spiro atoms. The molecule has 0 amide bonds. The smallest absolute Gasteiger partial charge is 0.144 e. The highest BCUT2D eigenvalue weighted by Gasteiger charge is 2.11. The van der Waals surface area contributed by atoms with Crippen molar-refractivity contribution in [1.29, 1.82) is 0 Å². The lowest BCUT2D eigenvalue weighted by Crippen LogP contribution is -2.21. The first-order valence-electron chi connectivity index (χ1n) is 6.70. The van der Waals surface area contributed by atoms with E-state index in [0.717, 1.165) is 30.6 Å². The summed E-state index contributed by atoms with van der Waals surface area (Å²) in [6.45, 7) is 5.99. The van der Waals surface area contributed by atoms with Crippen molar-refractivity contribution in [3.63, 3.8) is 0 Å². The Kier molecular flexibility index (Phi) is 4.35. The molecular weight excluding hydrogens is 234 g/mol. The van der Waals surface area contributed by atoms with E-state index in [2.05, 4.69) is 43.0 Å². The van der Waals surface area contributed by atoms with Crippen LogP contribution in [0.25, 0.3) is 16.5 Å². The Hall–Kier alpha value is -2.09. The van der Waals surface area contributed by atoms with Crippen LogP contribution in [0, 0.1) is 0 Å². The van der Waals surface area contributed by atoms with Crippen LogP contribution in [0.2, 0.25) is 0 Å². The molecule has 19 heavy (non-hydrogen) atoms. The second kappa shape index (κ2) is 6.19. The summed E-state index contributed by atoms with van der Waals surface area (Å²) in [5.74, 6) is 0. The van der Waals surface area contributed by atoms with Crippen LogP contribution in [-0.2, 0) is 4.79 Å². The van der Waals surface area contributed by atoms with Gasteiger partial charge in [-0.2, -0.15) is 0 Å². The molecular formula is C17H19NO. The van der Waals surface area contributed by atoms with E-state index in [1.165, 1.54) is 10.8 Å². The SMILES string of the molecule is CCN(CC)/C(=C/C=O)c1cccc2ccccc12. The van der Waals surface area contributed by atoms with Gasteiger partial charge in [0.05, 0.1) is 0 Å². The number of fused-ring (bicyclic) bond motifs is 1. The van der Waals surface area contributed by atoms with Gasteiger partial charge in [-0.15, -0.1) is 0 Å². The van der Waals surface area contributed by atoms with Crippen LogP contribution in [0.5, 0.6) is 0 Å². The molecule has 0 aliphatic carbocycles. The van der Waals surface area contributed by atoms with Crippen LogP contribution >= 0.6 is 0 Å². The molecule has 2 aromatic rings. The van der Waals surface area contributed by atoms with Gasteiger partial charge in [0.1, 0.15) is 6.29 Å². The Morgan fingerprint density at radius 1 is 1.05 bits per heavy atom. The molecule has 0 bridgehead atoms. The number of benzene rings is 2. The minimum Gasteiger partial charge on any atom is -0.371 e. The zero-order valence-corrected chi connectivity index (χ0v) is 11.5. The Morgan fingerprint density at radius 3 is 2.42 bits per heavy atom. The predicted octanol–water partition coefficient (Wildman–Crippen LogP) is 3.72. The standard InChI is InChI=1S/C17H19NO/c1-3-18(4-2)17(12-13-19)16-11-7-9-14-8-5-6-10-15(14)16/h5-13H,3-4H2,1-2H3/b17-12+. The highest BCUT2D eigenvalue weighted by atomic mass is 16.1. The second-order valence-electron chi connectivity index (χ2n) is 4.39. The van der Waals surface area contributed by atoms with Gasteiger partial charge in [-0.3, -0.25) is 4.79 Å². The van der Waals surface area contributed by atoms with Crippen molar-refractivity contribution in [2.24, 2.45) is 0 Å². The number of hydrogen-bond donors (Lipinski definition) is 0. The quantitative estimate of drug-likeness (QED) is 0.598. The molecule has 2 rings (SSSR count). The van der Waals surface area contributed by atoms with Crippen molar-refractivity contribution in [3.8, 4) is 0 Å². The molecule has 2 heteroatoms. The number of hydrogen-bond acceptors (Lipinski definition) is 2. The first-order chi connectivity index (χ1) is 9.31. The van der Waals surface area contributed by atoms with Gasteiger partial charge in [0.15, 0.2) is 0 Å². The van der Waals surface area contributed by atoms with Gasteiger partial charge in [0.2, 0.25) is 0 Å². The van der Waals surface area contributed by atoms with Gasteiger partial charge in [-0.1, -0.05) is 42.5 Å². The van der Waals surface area contributed by atoms with Crippen LogP contribution in [0.3, 0.4) is 0 Å². The molecule has 98 valence electrons.